The number of hydrogen-bond acceptors (Lipinski definition) is 2. The average molecular weight is 200 g/mol. The summed E-state index contributed by atoms with van der Waals surface area (Å²) in [5.74, 6) is 0.523. The predicted molar refractivity (Wildman–Crippen MR) is 58.1 cm³/mol. The van der Waals surface area contributed by atoms with E-state index in [4.69, 9.17) is 9.47 Å². The van der Waals surface area contributed by atoms with Crippen LogP contribution in [0.4, 0.5) is 0 Å². The van der Waals surface area contributed by atoms with Crippen molar-refractivity contribution in [3.05, 3.63) is 0 Å². The van der Waals surface area contributed by atoms with Gasteiger partial charge in [-0.1, -0.05) is 27.7 Å². The predicted octanol–water partition coefficient (Wildman–Crippen LogP) is 3.21. The largest absolute Gasteiger partial charge is 0.344 e. The van der Waals surface area contributed by atoms with Crippen molar-refractivity contribution >= 4 is 0 Å². The first-order valence-corrected chi connectivity index (χ1v) is 5.57. The van der Waals surface area contributed by atoms with Gasteiger partial charge in [0.1, 0.15) is 0 Å². The molecule has 14 heavy (non-hydrogen) atoms. The molecule has 84 valence electrons. The van der Waals surface area contributed by atoms with Gasteiger partial charge in [-0.2, -0.15) is 0 Å². The third-order valence-corrected chi connectivity index (χ3v) is 3.19. The Balaban J connectivity index is 2.93. The minimum absolute atomic E-state index is 0.155. The van der Waals surface area contributed by atoms with E-state index in [0.717, 1.165) is 0 Å². The molecule has 1 fully saturated rings. The Hall–Kier alpha value is -0.0800. The van der Waals surface area contributed by atoms with Gasteiger partial charge in [0.2, 0.25) is 0 Å². The third kappa shape index (κ3) is 1.96. The summed E-state index contributed by atoms with van der Waals surface area (Å²) in [6.07, 6.45) is 0.192. The average Bonchev–Trinajstić information content (AvgIpc) is 2.22. The molecule has 0 radical (unpaired) electrons. The van der Waals surface area contributed by atoms with Gasteiger partial charge in [-0.25, -0.2) is 0 Å². The van der Waals surface area contributed by atoms with Gasteiger partial charge >= 0.3 is 0 Å². The van der Waals surface area contributed by atoms with Crippen LogP contribution in [0.2, 0.25) is 0 Å². The maximum Gasteiger partial charge on any atom is 0.164 e. The number of hydrogen-bond donors (Lipinski definition) is 0. The number of ether oxygens (including phenoxy) is 2. The molecule has 0 bridgehead atoms. The highest BCUT2D eigenvalue weighted by Gasteiger charge is 2.52. The fraction of sp³-hybridized carbons (Fsp3) is 1.00. The second-order valence-corrected chi connectivity index (χ2v) is 5.62. The quantitative estimate of drug-likeness (QED) is 0.681. The highest BCUT2D eigenvalue weighted by Crippen LogP contribution is 2.43. The molecule has 2 nitrogen and oxygen atoms in total. The van der Waals surface area contributed by atoms with Gasteiger partial charge in [-0.05, 0) is 32.6 Å². The van der Waals surface area contributed by atoms with Gasteiger partial charge in [0, 0.05) is 0 Å². The first kappa shape index (κ1) is 12.0. The van der Waals surface area contributed by atoms with E-state index in [9.17, 15) is 0 Å². The van der Waals surface area contributed by atoms with Crippen LogP contribution in [-0.4, -0.2) is 17.5 Å². The molecule has 1 aliphatic heterocycles. The van der Waals surface area contributed by atoms with Crippen LogP contribution in [-0.2, 0) is 9.47 Å². The van der Waals surface area contributed by atoms with Crippen molar-refractivity contribution < 1.29 is 9.47 Å². The molecule has 0 saturated carbocycles. The molecular formula is C12H24O2. The molecule has 0 aliphatic carbocycles. The Kier molecular flexibility index (Phi) is 2.99. The smallest absolute Gasteiger partial charge is 0.164 e. The molecule has 0 amide bonds. The lowest BCUT2D eigenvalue weighted by Gasteiger charge is -2.34. The van der Waals surface area contributed by atoms with Crippen molar-refractivity contribution in [2.75, 3.05) is 0 Å². The zero-order valence-electron chi connectivity index (χ0n) is 10.5. The van der Waals surface area contributed by atoms with E-state index in [1.807, 2.05) is 13.8 Å². The van der Waals surface area contributed by atoms with Gasteiger partial charge in [0.15, 0.2) is 5.79 Å². The topological polar surface area (TPSA) is 18.5 Å². The summed E-state index contributed by atoms with van der Waals surface area (Å²) in [6.45, 7) is 14.9. The highest BCUT2D eigenvalue weighted by atomic mass is 16.8. The highest BCUT2D eigenvalue weighted by molar-refractivity contribution is 4.96. The molecule has 0 aromatic rings. The summed E-state index contributed by atoms with van der Waals surface area (Å²) < 4.78 is 12.0. The Morgan fingerprint density at radius 3 is 1.79 bits per heavy atom. The lowest BCUT2D eigenvalue weighted by Crippen LogP contribution is -2.44. The summed E-state index contributed by atoms with van der Waals surface area (Å²) in [4.78, 5) is 0. The van der Waals surface area contributed by atoms with E-state index in [0.29, 0.717) is 11.8 Å². The normalized spacial score (nSPS) is 37.1. The van der Waals surface area contributed by atoms with Gasteiger partial charge < -0.3 is 9.47 Å². The van der Waals surface area contributed by atoms with Gasteiger partial charge in [0.05, 0.1) is 11.7 Å². The zero-order valence-corrected chi connectivity index (χ0v) is 10.5. The summed E-state index contributed by atoms with van der Waals surface area (Å²) in [5.41, 5.74) is -0.155. The van der Waals surface area contributed by atoms with Crippen molar-refractivity contribution in [3.63, 3.8) is 0 Å². The van der Waals surface area contributed by atoms with Gasteiger partial charge in [-0.15, -0.1) is 0 Å². The van der Waals surface area contributed by atoms with Crippen molar-refractivity contribution in [2.24, 2.45) is 11.8 Å². The zero-order chi connectivity index (χ0) is 11.1. The summed E-state index contributed by atoms with van der Waals surface area (Å²) in [7, 11) is 0. The van der Waals surface area contributed by atoms with E-state index in [-0.39, 0.29) is 11.7 Å². The molecule has 1 heterocycles. The molecule has 1 rings (SSSR count). The number of rotatable bonds is 2. The summed E-state index contributed by atoms with van der Waals surface area (Å²) in [6, 6.07) is 0. The van der Waals surface area contributed by atoms with Crippen LogP contribution in [0.1, 0.15) is 48.5 Å². The van der Waals surface area contributed by atoms with Crippen molar-refractivity contribution in [1.29, 1.82) is 0 Å². The van der Waals surface area contributed by atoms with Crippen LogP contribution >= 0.6 is 0 Å². The monoisotopic (exact) mass is 200 g/mol. The Morgan fingerprint density at radius 2 is 1.50 bits per heavy atom. The Labute approximate surface area is 88.0 Å². The molecule has 0 unspecified atom stereocenters. The van der Waals surface area contributed by atoms with Crippen LogP contribution in [0.25, 0.3) is 0 Å². The van der Waals surface area contributed by atoms with E-state index in [1.54, 1.807) is 0 Å². The second kappa shape index (κ2) is 3.49. The first-order valence-electron chi connectivity index (χ1n) is 5.57. The minimum atomic E-state index is -0.437. The molecule has 2 heteroatoms. The molecule has 0 aromatic carbocycles. The summed E-state index contributed by atoms with van der Waals surface area (Å²) >= 11 is 0. The molecular weight excluding hydrogens is 176 g/mol. The van der Waals surface area contributed by atoms with Crippen molar-refractivity contribution in [1.82, 2.24) is 0 Å². The standard InChI is InChI=1S/C12H24O2/c1-8(2)10-12(7,9(3)4)14-11(5,6)13-10/h8-10H,1-7H3/t10-,12+/m0/s1. The van der Waals surface area contributed by atoms with E-state index >= 15 is 0 Å². The Bertz CT molecular complexity index is 208. The maximum atomic E-state index is 6.05. The van der Waals surface area contributed by atoms with E-state index < -0.39 is 5.79 Å². The molecule has 0 spiro atoms. The molecule has 0 N–H and O–H groups in total. The van der Waals surface area contributed by atoms with Crippen LogP contribution in [0.15, 0.2) is 0 Å². The minimum Gasteiger partial charge on any atom is -0.344 e. The fourth-order valence-corrected chi connectivity index (χ4v) is 2.28. The molecule has 1 aliphatic rings. The van der Waals surface area contributed by atoms with Crippen LogP contribution in [0.5, 0.6) is 0 Å². The second-order valence-electron chi connectivity index (χ2n) is 5.62. The van der Waals surface area contributed by atoms with Crippen molar-refractivity contribution in [2.45, 2.75) is 66.0 Å². The first-order chi connectivity index (χ1) is 6.19. The third-order valence-electron chi connectivity index (χ3n) is 3.19. The van der Waals surface area contributed by atoms with Crippen LogP contribution < -0.4 is 0 Å². The van der Waals surface area contributed by atoms with Crippen LogP contribution in [0.3, 0.4) is 0 Å². The lowest BCUT2D eigenvalue weighted by molar-refractivity contribution is -0.168. The lowest BCUT2D eigenvalue weighted by atomic mass is 9.82. The van der Waals surface area contributed by atoms with Crippen molar-refractivity contribution in [3.8, 4) is 0 Å². The maximum absolute atomic E-state index is 6.05. The molecule has 1 saturated heterocycles. The Morgan fingerprint density at radius 1 is 1.00 bits per heavy atom. The van der Waals surface area contributed by atoms with Gasteiger partial charge in [-0.3, -0.25) is 0 Å². The summed E-state index contributed by atoms with van der Waals surface area (Å²) in [5, 5.41) is 0. The van der Waals surface area contributed by atoms with Gasteiger partial charge in [0.25, 0.3) is 0 Å². The SMILES string of the molecule is CC(C)[C@@H]1OC(C)(C)O[C@]1(C)C(C)C. The molecule has 2 atom stereocenters. The fourth-order valence-electron chi connectivity index (χ4n) is 2.28. The van der Waals surface area contributed by atoms with E-state index in [2.05, 4.69) is 34.6 Å². The van der Waals surface area contributed by atoms with Crippen LogP contribution in [0, 0.1) is 11.8 Å². The van der Waals surface area contributed by atoms with E-state index in [1.165, 1.54) is 0 Å². The molecule has 0 aromatic heterocycles.